The molecule has 3 aromatic rings. The van der Waals surface area contributed by atoms with Crippen LogP contribution in [-0.2, 0) is 6.54 Å². The zero-order valence-corrected chi connectivity index (χ0v) is 15.7. The van der Waals surface area contributed by atoms with Crippen LogP contribution in [0.15, 0.2) is 48.5 Å². The number of methoxy groups -OCH3 is 1. The topological polar surface area (TPSA) is 96.5 Å². The zero-order valence-electron chi connectivity index (χ0n) is 15.7. The molecule has 0 N–H and O–H groups in total. The van der Waals surface area contributed by atoms with Crippen LogP contribution in [0.1, 0.15) is 27.3 Å². The normalized spacial score (nSPS) is 10.5. The van der Waals surface area contributed by atoms with Gasteiger partial charge in [0, 0.05) is 0 Å². The van der Waals surface area contributed by atoms with Gasteiger partial charge in [-0.25, -0.2) is 4.79 Å². The predicted molar refractivity (Wildman–Crippen MR) is 102 cm³/mol. The van der Waals surface area contributed by atoms with Gasteiger partial charge in [-0.15, -0.1) is 0 Å². The molecule has 0 saturated heterocycles. The maximum Gasteiger partial charge on any atom is 0.343 e. The Balaban J connectivity index is 1.74. The molecule has 0 radical (unpaired) electrons. The van der Waals surface area contributed by atoms with Gasteiger partial charge in [-0.3, -0.25) is 14.8 Å². The molecule has 0 bridgehead atoms. The van der Waals surface area contributed by atoms with Crippen molar-refractivity contribution < 1.29 is 19.2 Å². The third kappa shape index (κ3) is 3.85. The Morgan fingerprint density at radius 2 is 1.75 bits per heavy atom. The SMILES string of the molecule is COc1ccccc1OC(=O)c1ccc(Cn2nc(C)c([N+](=O)[O-])c2C)cc1. The van der Waals surface area contributed by atoms with Crippen LogP contribution in [0, 0.1) is 24.0 Å². The molecule has 0 aliphatic carbocycles. The lowest BCUT2D eigenvalue weighted by Gasteiger charge is -2.09. The minimum absolute atomic E-state index is 0.0250. The fourth-order valence-electron chi connectivity index (χ4n) is 2.89. The maximum absolute atomic E-state index is 12.4. The highest BCUT2D eigenvalue weighted by Gasteiger charge is 2.21. The molecule has 1 aromatic heterocycles. The molecule has 0 aliphatic rings. The number of aromatic nitrogens is 2. The minimum atomic E-state index is -0.502. The number of para-hydroxylation sites is 2. The van der Waals surface area contributed by atoms with Gasteiger partial charge >= 0.3 is 11.7 Å². The second kappa shape index (κ2) is 7.91. The number of benzene rings is 2. The second-order valence-corrected chi connectivity index (χ2v) is 6.17. The van der Waals surface area contributed by atoms with Gasteiger partial charge in [0.25, 0.3) is 0 Å². The molecule has 0 unspecified atom stereocenters. The van der Waals surface area contributed by atoms with Crippen molar-refractivity contribution in [1.82, 2.24) is 9.78 Å². The van der Waals surface area contributed by atoms with Crippen LogP contribution in [-0.4, -0.2) is 27.8 Å². The molecule has 3 rings (SSSR count). The summed E-state index contributed by atoms with van der Waals surface area (Å²) < 4.78 is 12.1. The van der Waals surface area contributed by atoms with Crippen LogP contribution in [0.2, 0.25) is 0 Å². The fraction of sp³-hybridized carbons (Fsp3) is 0.200. The summed E-state index contributed by atoms with van der Waals surface area (Å²) in [6.45, 7) is 3.64. The lowest BCUT2D eigenvalue weighted by molar-refractivity contribution is -0.386. The van der Waals surface area contributed by atoms with Gasteiger partial charge in [0.05, 0.1) is 24.1 Å². The first-order valence-corrected chi connectivity index (χ1v) is 8.53. The van der Waals surface area contributed by atoms with Gasteiger partial charge in [0.2, 0.25) is 0 Å². The number of nitro groups is 1. The van der Waals surface area contributed by atoms with Gasteiger partial charge < -0.3 is 9.47 Å². The fourth-order valence-corrected chi connectivity index (χ4v) is 2.89. The molecule has 8 nitrogen and oxygen atoms in total. The molecule has 28 heavy (non-hydrogen) atoms. The first-order valence-electron chi connectivity index (χ1n) is 8.53. The van der Waals surface area contributed by atoms with E-state index in [1.807, 2.05) is 0 Å². The van der Waals surface area contributed by atoms with Crippen LogP contribution in [0.3, 0.4) is 0 Å². The van der Waals surface area contributed by atoms with E-state index in [1.54, 1.807) is 67.1 Å². The van der Waals surface area contributed by atoms with E-state index in [0.717, 1.165) is 5.56 Å². The number of esters is 1. The highest BCUT2D eigenvalue weighted by atomic mass is 16.6. The van der Waals surface area contributed by atoms with Crippen LogP contribution < -0.4 is 9.47 Å². The largest absolute Gasteiger partial charge is 0.493 e. The third-order valence-corrected chi connectivity index (χ3v) is 4.32. The number of ether oxygens (including phenoxy) is 2. The van der Waals surface area contributed by atoms with Gasteiger partial charge in [-0.1, -0.05) is 24.3 Å². The Hall–Kier alpha value is -3.68. The third-order valence-electron chi connectivity index (χ3n) is 4.32. The van der Waals surface area contributed by atoms with Crippen LogP contribution in [0.5, 0.6) is 11.5 Å². The molecule has 0 fully saturated rings. The number of hydrogen-bond donors (Lipinski definition) is 0. The van der Waals surface area contributed by atoms with Crippen molar-refractivity contribution in [3.63, 3.8) is 0 Å². The molecule has 144 valence electrons. The number of carbonyl (C=O) groups excluding carboxylic acids is 1. The molecule has 0 spiro atoms. The first kappa shape index (κ1) is 19.1. The molecular weight excluding hydrogens is 362 g/mol. The van der Waals surface area contributed by atoms with E-state index in [-0.39, 0.29) is 5.69 Å². The molecule has 0 atom stereocenters. The standard InChI is InChI=1S/C20H19N3O5/c1-13-19(23(25)26)14(2)22(21-13)12-15-8-10-16(11-9-15)20(24)28-18-7-5-4-6-17(18)27-3/h4-11H,12H2,1-3H3. The number of nitrogens with zero attached hydrogens (tertiary/aromatic N) is 3. The zero-order chi connectivity index (χ0) is 20.3. The Morgan fingerprint density at radius 1 is 1.11 bits per heavy atom. The molecular formula is C20H19N3O5. The van der Waals surface area contributed by atoms with Gasteiger partial charge in [-0.2, -0.15) is 5.10 Å². The quantitative estimate of drug-likeness (QED) is 0.280. The Kier molecular flexibility index (Phi) is 5.39. The summed E-state index contributed by atoms with van der Waals surface area (Å²) in [5.41, 5.74) is 2.13. The van der Waals surface area contributed by atoms with E-state index in [0.29, 0.717) is 35.0 Å². The van der Waals surface area contributed by atoms with Crippen LogP contribution >= 0.6 is 0 Å². The van der Waals surface area contributed by atoms with Crippen LogP contribution in [0.4, 0.5) is 5.69 Å². The summed E-state index contributed by atoms with van der Waals surface area (Å²) in [6, 6.07) is 13.7. The monoisotopic (exact) mass is 381 g/mol. The molecule has 8 heteroatoms. The molecule has 0 aliphatic heterocycles. The predicted octanol–water partition coefficient (Wildman–Crippen LogP) is 3.68. The summed E-state index contributed by atoms with van der Waals surface area (Å²) >= 11 is 0. The molecule has 0 saturated carbocycles. The molecule has 2 aromatic carbocycles. The summed E-state index contributed by atoms with van der Waals surface area (Å²) in [4.78, 5) is 23.0. The van der Waals surface area contributed by atoms with Crippen molar-refractivity contribution in [1.29, 1.82) is 0 Å². The van der Waals surface area contributed by atoms with Gasteiger partial charge in [0.1, 0.15) is 11.4 Å². The first-order chi connectivity index (χ1) is 13.4. The Bertz CT molecular complexity index is 1020. The van der Waals surface area contributed by atoms with E-state index in [9.17, 15) is 14.9 Å². The minimum Gasteiger partial charge on any atom is -0.493 e. The lowest BCUT2D eigenvalue weighted by atomic mass is 10.1. The summed E-state index contributed by atoms with van der Waals surface area (Å²) in [5, 5.41) is 15.3. The average Bonchev–Trinajstić information content (AvgIpc) is 2.96. The smallest absolute Gasteiger partial charge is 0.343 e. The van der Waals surface area contributed by atoms with Crippen molar-refractivity contribution in [3.8, 4) is 11.5 Å². The summed E-state index contributed by atoms with van der Waals surface area (Å²) in [6.07, 6.45) is 0. The van der Waals surface area contributed by atoms with Crippen molar-refractivity contribution in [2.45, 2.75) is 20.4 Å². The van der Waals surface area contributed by atoms with E-state index >= 15 is 0 Å². The highest BCUT2D eigenvalue weighted by Crippen LogP contribution is 2.27. The van der Waals surface area contributed by atoms with Crippen LogP contribution in [0.25, 0.3) is 0 Å². The molecule has 1 heterocycles. The highest BCUT2D eigenvalue weighted by molar-refractivity contribution is 5.91. The average molecular weight is 381 g/mol. The van der Waals surface area contributed by atoms with Crippen molar-refractivity contribution in [3.05, 3.63) is 81.2 Å². The van der Waals surface area contributed by atoms with Gasteiger partial charge in [0.15, 0.2) is 11.5 Å². The van der Waals surface area contributed by atoms with Crippen molar-refractivity contribution >= 4 is 11.7 Å². The number of aryl methyl sites for hydroxylation is 1. The van der Waals surface area contributed by atoms with E-state index in [4.69, 9.17) is 9.47 Å². The lowest BCUT2D eigenvalue weighted by Crippen LogP contribution is -2.10. The second-order valence-electron chi connectivity index (χ2n) is 6.17. The van der Waals surface area contributed by atoms with E-state index < -0.39 is 10.9 Å². The summed E-state index contributed by atoms with van der Waals surface area (Å²) in [5.74, 6) is 0.311. The number of hydrogen-bond acceptors (Lipinski definition) is 6. The van der Waals surface area contributed by atoms with Crippen molar-refractivity contribution in [2.24, 2.45) is 0 Å². The van der Waals surface area contributed by atoms with E-state index in [2.05, 4.69) is 5.10 Å². The Labute approximate surface area is 161 Å². The van der Waals surface area contributed by atoms with Crippen molar-refractivity contribution in [2.75, 3.05) is 7.11 Å². The number of carbonyl (C=O) groups is 1. The van der Waals surface area contributed by atoms with E-state index in [1.165, 1.54) is 7.11 Å². The number of rotatable bonds is 6. The maximum atomic E-state index is 12.4. The van der Waals surface area contributed by atoms with Gasteiger partial charge in [-0.05, 0) is 43.7 Å². The Morgan fingerprint density at radius 3 is 2.32 bits per heavy atom. The summed E-state index contributed by atoms with van der Waals surface area (Å²) in [7, 11) is 1.50. The molecule has 0 amide bonds.